The normalized spacial score (nSPS) is 11.2. The first kappa shape index (κ1) is 18.5. The van der Waals surface area contributed by atoms with E-state index >= 15 is 0 Å². The van der Waals surface area contributed by atoms with Crippen LogP contribution < -0.4 is 10.7 Å². The molecule has 0 fully saturated rings. The maximum absolute atomic E-state index is 11.9. The van der Waals surface area contributed by atoms with Crippen molar-refractivity contribution in [3.63, 3.8) is 0 Å². The zero-order valence-corrected chi connectivity index (χ0v) is 14.1. The second-order valence-electron chi connectivity index (χ2n) is 4.83. The van der Waals surface area contributed by atoms with Crippen molar-refractivity contribution in [1.82, 2.24) is 5.43 Å². The van der Waals surface area contributed by atoms with Gasteiger partial charge in [0.25, 0.3) is 0 Å². The van der Waals surface area contributed by atoms with E-state index in [1.807, 2.05) is 6.92 Å². The summed E-state index contributed by atoms with van der Waals surface area (Å²) in [6, 6.07) is 4.81. The highest BCUT2D eigenvalue weighted by Crippen LogP contribution is 2.25. The Morgan fingerprint density at radius 2 is 1.95 bits per heavy atom. The first-order valence-corrected chi connectivity index (χ1v) is 7.75. The maximum atomic E-state index is 11.9. The van der Waals surface area contributed by atoms with Gasteiger partial charge in [0.15, 0.2) is 0 Å². The van der Waals surface area contributed by atoms with Crippen molar-refractivity contribution < 1.29 is 9.59 Å². The van der Waals surface area contributed by atoms with Crippen LogP contribution in [0.2, 0.25) is 10.0 Å². The summed E-state index contributed by atoms with van der Waals surface area (Å²) in [7, 11) is 0. The SMILES string of the molecule is CCCCC(=O)NN=C(C)CC(=O)Nc1cc(Cl)ccc1Cl. The molecule has 0 radical (unpaired) electrons. The molecule has 0 aromatic heterocycles. The molecule has 7 heteroatoms. The molecule has 0 heterocycles. The van der Waals surface area contributed by atoms with Crippen LogP contribution in [0.3, 0.4) is 0 Å². The standard InChI is InChI=1S/C15H19Cl2N3O2/c1-3-4-5-14(21)20-19-10(2)8-15(22)18-13-9-11(16)6-7-12(13)17/h6-7,9H,3-5,8H2,1-2H3,(H,18,22)(H,20,21). The molecule has 0 aliphatic rings. The second-order valence-corrected chi connectivity index (χ2v) is 5.68. The molecule has 1 rings (SSSR count). The van der Waals surface area contributed by atoms with Crippen LogP contribution in [0.4, 0.5) is 5.69 Å². The minimum absolute atomic E-state index is 0.0525. The zero-order valence-electron chi connectivity index (χ0n) is 12.6. The highest BCUT2D eigenvalue weighted by atomic mass is 35.5. The van der Waals surface area contributed by atoms with Crippen molar-refractivity contribution in [2.75, 3.05) is 5.32 Å². The van der Waals surface area contributed by atoms with Gasteiger partial charge in [-0.25, -0.2) is 5.43 Å². The lowest BCUT2D eigenvalue weighted by atomic mass is 10.2. The number of benzene rings is 1. The first-order chi connectivity index (χ1) is 10.4. The average Bonchev–Trinajstić information content (AvgIpc) is 2.46. The summed E-state index contributed by atoms with van der Waals surface area (Å²) >= 11 is 11.8. The molecule has 0 spiro atoms. The average molecular weight is 344 g/mol. The van der Waals surface area contributed by atoms with Crippen molar-refractivity contribution in [2.24, 2.45) is 5.10 Å². The molecule has 22 heavy (non-hydrogen) atoms. The fourth-order valence-electron chi connectivity index (χ4n) is 1.61. The van der Waals surface area contributed by atoms with Crippen LogP contribution in [0.5, 0.6) is 0 Å². The van der Waals surface area contributed by atoms with Gasteiger partial charge in [0, 0.05) is 17.2 Å². The predicted molar refractivity (Wildman–Crippen MR) is 90.5 cm³/mol. The van der Waals surface area contributed by atoms with Crippen LogP contribution in [0.15, 0.2) is 23.3 Å². The van der Waals surface area contributed by atoms with E-state index in [4.69, 9.17) is 23.2 Å². The summed E-state index contributed by atoms with van der Waals surface area (Å²) in [6.07, 6.45) is 2.24. The number of hydrogen-bond acceptors (Lipinski definition) is 3. The van der Waals surface area contributed by atoms with E-state index in [0.29, 0.717) is 27.9 Å². The van der Waals surface area contributed by atoms with Gasteiger partial charge in [-0.3, -0.25) is 9.59 Å². The molecule has 0 aliphatic carbocycles. The van der Waals surface area contributed by atoms with Crippen LogP contribution in [0.25, 0.3) is 0 Å². The molecule has 2 N–H and O–H groups in total. The zero-order chi connectivity index (χ0) is 16.5. The van der Waals surface area contributed by atoms with Gasteiger partial charge in [0.1, 0.15) is 0 Å². The van der Waals surface area contributed by atoms with E-state index in [1.54, 1.807) is 25.1 Å². The lowest BCUT2D eigenvalue weighted by molar-refractivity contribution is -0.121. The number of nitrogens with zero attached hydrogens (tertiary/aromatic N) is 1. The quantitative estimate of drug-likeness (QED) is 0.580. The molecule has 2 amide bonds. The summed E-state index contributed by atoms with van der Waals surface area (Å²) in [5.74, 6) is -0.437. The number of hydrazone groups is 1. The van der Waals surface area contributed by atoms with E-state index in [2.05, 4.69) is 15.8 Å². The van der Waals surface area contributed by atoms with Crippen molar-refractivity contribution in [2.45, 2.75) is 39.5 Å². The number of unbranched alkanes of at least 4 members (excludes halogenated alkanes) is 1. The summed E-state index contributed by atoms with van der Waals surface area (Å²) in [6.45, 7) is 3.67. The fraction of sp³-hybridized carbons (Fsp3) is 0.400. The second kappa shape index (κ2) is 9.43. The molecule has 120 valence electrons. The molecule has 5 nitrogen and oxygen atoms in total. The van der Waals surface area contributed by atoms with E-state index in [0.717, 1.165) is 12.8 Å². The van der Waals surface area contributed by atoms with Crippen molar-refractivity contribution in [1.29, 1.82) is 0 Å². The summed E-state index contributed by atoms with van der Waals surface area (Å²) in [5, 5.41) is 7.43. The lowest BCUT2D eigenvalue weighted by Crippen LogP contribution is -2.21. The Balaban J connectivity index is 2.50. The Bertz CT molecular complexity index is 574. The van der Waals surface area contributed by atoms with Gasteiger partial charge in [0.2, 0.25) is 11.8 Å². The summed E-state index contributed by atoms with van der Waals surface area (Å²) < 4.78 is 0. The van der Waals surface area contributed by atoms with Gasteiger partial charge in [0.05, 0.1) is 17.1 Å². The topological polar surface area (TPSA) is 70.6 Å². The fourth-order valence-corrected chi connectivity index (χ4v) is 1.95. The molecule has 1 aromatic carbocycles. The molecular weight excluding hydrogens is 325 g/mol. The summed E-state index contributed by atoms with van der Waals surface area (Å²) in [4.78, 5) is 23.3. The number of amides is 2. The van der Waals surface area contributed by atoms with Crippen molar-refractivity contribution in [3.8, 4) is 0 Å². The van der Waals surface area contributed by atoms with Gasteiger partial charge >= 0.3 is 0 Å². The van der Waals surface area contributed by atoms with Gasteiger partial charge in [-0.2, -0.15) is 5.10 Å². The van der Waals surface area contributed by atoms with Gasteiger partial charge in [-0.05, 0) is 31.5 Å². The summed E-state index contributed by atoms with van der Waals surface area (Å²) in [5.41, 5.74) is 3.37. The van der Waals surface area contributed by atoms with Crippen molar-refractivity contribution >= 4 is 46.4 Å². The van der Waals surface area contributed by atoms with Gasteiger partial charge in [-0.1, -0.05) is 36.5 Å². The highest BCUT2D eigenvalue weighted by Gasteiger charge is 2.08. The van der Waals surface area contributed by atoms with Crippen LogP contribution in [-0.2, 0) is 9.59 Å². The number of carbonyl (C=O) groups excluding carboxylic acids is 2. The minimum atomic E-state index is -0.284. The Kier molecular flexibility index (Phi) is 7.91. The molecule has 0 saturated heterocycles. The minimum Gasteiger partial charge on any atom is -0.324 e. The number of hydrogen-bond donors (Lipinski definition) is 2. The van der Waals surface area contributed by atoms with E-state index < -0.39 is 0 Å². The highest BCUT2D eigenvalue weighted by molar-refractivity contribution is 6.35. The largest absolute Gasteiger partial charge is 0.324 e. The first-order valence-electron chi connectivity index (χ1n) is 6.99. The molecule has 1 aromatic rings. The van der Waals surface area contributed by atoms with Crippen molar-refractivity contribution in [3.05, 3.63) is 28.2 Å². The number of anilines is 1. The number of rotatable bonds is 7. The van der Waals surface area contributed by atoms with E-state index in [1.165, 1.54) is 0 Å². The molecular formula is C15H19Cl2N3O2. The van der Waals surface area contributed by atoms with Gasteiger partial charge in [-0.15, -0.1) is 0 Å². The Hall–Kier alpha value is -1.59. The van der Waals surface area contributed by atoms with Crippen LogP contribution >= 0.6 is 23.2 Å². The Morgan fingerprint density at radius 1 is 1.23 bits per heavy atom. The number of halogens is 2. The van der Waals surface area contributed by atoms with E-state index in [9.17, 15) is 9.59 Å². The Labute approximate surface area is 140 Å². The van der Waals surface area contributed by atoms with Crippen LogP contribution in [0, 0.1) is 0 Å². The molecule has 0 bridgehead atoms. The Morgan fingerprint density at radius 3 is 2.64 bits per heavy atom. The predicted octanol–water partition coefficient (Wildman–Crippen LogP) is 4.00. The maximum Gasteiger partial charge on any atom is 0.240 e. The van der Waals surface area contributed by atoms with E-state index in [-0.39, 0.29) is 18.2 Å². The monoisotopic (exact) mass is 343 g/mol. The smallest absolute Gasteiger partial charge is 0.240 e. The molecule has 0 unspecified atom stereocenters. The molecule has 0 aliphatic heterocycles. The number of carbonyl (C=O) groups is 2. The van der Waals surface area contributed by atoms with Crippen LogP contribution in [-0.4, -0.2) is 17.5 Å². The third-order valence-corrected chi connectivity index (χ3v) is 3.31. The van der Waals surface area contributed by atoms with Crippen LogP contribution in [0.1, 0.15) is 39.5 Å². The third kappa shape index (κ3) is 6.91. The lowest BCUT2D eigenvalue weighted by Gasteiger charge is -2.07. The van der Waals surface area contributed by atoms with Gasteiger partial charge < -0.3 is 5.32 Å². The molecule has 0 atom stereocenters. The number of nitrogens with one attached hydrogen (secondary N) is 2. The third-order valence-electron chi connectivity index (χ3n) is 2.75. The molecule has 0 saturated carbocycles.